The van der Waals surface area contributed by atoms with Gasteiger partial charge in [0.25, 0.3) is 0 Å². The number of halogens is 1. The van der Waals surface area contributed by atoms with E-state index in [0.29, 0.717) is 30.2 Å². The Morgan fingerprint density at radius 1 is 1.22 bits per heavy atom. The molecule has 0 atom stereocenters. The van der Waals surface area contributed by atoms with E-state index in [-0.39, 0.29) is 5.82 Å². The second kappa shape index (κ2) is 6.71. The van der Waals surface area contributed by atoms with Crippen LogP contribution in [0.4, 0.5) is 10.2 Å². The van der Waals surface area contributed by atoms with Gasteiger partial charge in [0.1, 0.15) is 24.0 Å². The van der Waals surface area contributed by atoms with E-state index >= 15 is 0 Å². The topological polar surface area (TPSA) is 74.7 Å². The Labute approximate surface area is 132 Å². The summed E-state index contributed by atoms with van der Waals surface area (Å²) in [6, 6.07) is 11.5. The Morgan fingerprint density at radius 2 is 2.04 bits per heavy atom. The third kappa shape index (κ3) is 3.52. The molecule has 3 aromatic rings. The smallest absolute Gasteiger partial charge is 0.226 e. The lowest BCUT2D eigenvalue weighted by Gasteiger charge is -2.04. The molecule has 0 saturated carbocycles. The fourth-order valence-electron chi connectivity index (χ4n) is 2.09. The van der Waals surface area contributed by atoms with E-state index in [4.69, 9.17) is 9.68 Å². The van der Waals surface area contributed by atoms with Gasteiger partial charge in [0.05, 0.1) is 11.3 Å². The third-order valence-corrected chi connectivity index (χ3v) is 3.24. The van der Waals surface area contributed by atoms with Gasteiger partial charge < -0.3 is 9.73 Å². The number of anilines is 1. The van der Waals surface area contributed by atoms with Gasteiger partial charge in [-0.05, 0) is 36.4 Å². The second-order valence-corrected chi connectivity index (χ2v) is 4.84. The van der Waals surface area contributed by atoms with E-state index in [0.717, 1.165) is 11.3 Å². The lowest BCUT2D eigenvalue weighted by molar-refractivity contribution is 0.572. The quantitative estimate of drug-likeness (QED) is 0.782. The summed E-state index contributed by atoms with van der Waals surface area (Å²) < 4.78 is 18.3. The molecule has 23 heavy (non-hydrogen) atoms. The van der Waals surface area contributed by atoms with Gasteiger partial charge in [-0.3, -0.25) is 0 Å². The highest BCUT2D eigenvalue weighted by molar-refractivity contribution is 5.53. The predicted octanol–water partition coefficient (Wildman–Crippen LogP) is 3.40. The fourth-order valence-corrected chi connectivity index (χ4v) is 2.09. The minimum atomic E-state index is -0.298. The summed E-state index contributed by atoms with van der Waals surface area (Å²) >= 11 is 0. The van der Waals surface area contributed by atoms with Crippen molar-refractivity contribution in [2.75, 3.05) is 11.9 Å². The van der Waals surface area contributed by atoms with Crippen molar-refractivity contribution in [3.8, 4) is 17.5 Å². The number of hydrogen-bond donors (Lipinski definition) is 1. The lowest BCUT2D eigenvalue weighted by atomic mass is 10.2. The van der Waals surface area contributed by atoms with Gasteiger partial charge in [-0.2, -0.15) is 5.26 Å². The van der Waals surface area contributed by atoms with Crippen molar-refractivity contribution in [3.63, 3.8) is 0 Å². The molecule has 3 rings (SSSR count). The van der Waals surface area contributed by atoms with Gasteiger partial charge in [0.15, 0.2) is 0 Å². The molecule has 2 aromatic heterocycles. The van der Waals surface area contributed by atoms with Crippen LogP contribution in [0.2, 0.25) is 0 Å². The Balaban J connectivity index is 1.61. The summed E-state index contributed by atoms with van der Waals surface area (Å²) in [6.45, 7) is 0.571. The first-order valence-corrected chi connectivity index (χ1v) is 7.05. The van der Waals surface area contributed by atoms with Gasteiger partial charge in [-0.25, -0.2) is 14.4 Å². The van der Waals surface area contributed by atoms with Crippen molar-refractivity contribution in [1.29, 1.82) is 5.26 Å². The number of nitriles is 1. The van der Waals surface area contributed by atoms with Crippen molar-refractivity contribution >= 4 is 5.82 Å². The molecular weight excluding hydrogens is 295 g/mol. The summed E-state index contributed by atoms with van der Waals surface area (Å²) in [7, 11) is 0. The average Bonchev–Trinajstić information content (AvgIpc) is 3.05. The lowest BCUT2D eigenvalue weighted by Crippen LogP contribution is -2.07. The maximum Gasteiger partial charge on any atom is 0.226 e. The molecule has 1 aromatic carbocycles. The molecule has 1 N–H and O–H groups in total. The van der Waals surface area contributed by atoms with Crippen LogP contribution in [0.25, 0.3) is 11.5 Å². The van der Waals surface area contributed by atoms with Crippen LogP contribution < -0.4 is 5.32 Å². The standard InChI is InChI=1S/C17H13FN4O/c18-14-5-3-12(4-6-14)17-22-15(11-23-17)7-9-21-16-13(10-19)2-1-8-20-16/h1-6,8,11H,7,9H2,(H,20,21). The van der Waals surface area contributed by atoms with Crippen LogP contribution in [0, 0.1) is 17.1 Å². The number of pyridine rings is 1. The molecular formula is C17H13FN4O. The summed E-state index contributed by atoms with van der Waals surface area (Å²) in [5.74, 6) is 0.709. The number of nitrogens with zero attached hydrogens (tertiary/aromatic N) is 3. The van der Waals surface area contributed by atoms with Crippen LogP contribution in [0.15, 0.2) is 53.3 Å². The summed E-state index contributed by atoms with van der Waals surface area (Å²) in [5.41, 5.74) is 1.99. The SMILES string of the molecule is N#Cc1cccnc1NCCc1coc(-c2ccc(F)cc2)n1. The maximum atomic E-state index is 12.9. The summed E-state index contributed by atoms with van der Waals surface area (Å²) in [4.78, 5) is 8.50. The first-order valence-electron chi connectivity index (χ1n) is 7.05. The molecule has 0 saturated heterocycles. The minimum absolute atomic E-state index is 0.298. The van der Waals surface area contributed by atoms with Crippen LogP contribution in [-0.4, -0.2) is 16.5 Å². The Hall–Kier alpha value is -3.20. The molecule has 114 valence electrons. The first kappa shape index (κ1) is 14.7. The molecule has 2 heterocycles. The van der Waals surface area contributed by atoms with Gasteiger partial charge >= 0.3 is 0 Å². The van der Waals surface area contributed by atoms with Crippen molar-refractivity contribution in [3.05, 3.63) is 65.9 Å². The Bertz CT molecular complexity index is 836. The monoisotopic (exact) mass is 308 g/mol. The molecule has 0 amide bonds. The molecule has 5 nitrogen and oxygen atoms in total. The molecule has 0 bridgehead atoms. The number of oxazole rings is 1. The molecule has 0 aliphatic heterocycles. The number of benzene rings is 1. The Kier molecular flexibility index (Phi) is 4.29. The van der Waals surface area contributed by atoms with E-state index in [9.17, 15) is 4.39 Å². The van der Waals surface area contributed by atoms with Crippen LogP contribution in [0.3, 0.4) is 0 Å². The predicted molar refractivity (Wildman–Crippen MR) is 83.0 cm³/mol. The molecule has 0 aliphatic carbocycles. The highest BCUT2D eigenvalue weighted by atomic mass is 19.1. The normalized spacial score (nSPS) is 10.3. The van der Waals surface area contributed by atoms with Gasteiger partial charge in [-0.15, -0.1) is 0 Å². The van der Waals surface area contributed by atoms with E-state index in [1.165, 1.54) is 12.1 Å². The summed E-state index contributed by atoms with van der Waals surface area (Å²) in [6.07, 6.45) is 3.82. The second-order valence-electron chi connectivity index (χ2n) is 4.84. The molecule has 0 aliphatic rings. The number of aromatic nitrogens is 2. The first-order chi connectivity index (χ1) is 11.3. The zero-order valence-electron chi connectivity index (χ0n) is 12.2. The van der Waals surface area contributed by atoms with E-state index in [2.05, 4.69) is 21.4 Å². The molecule has 0 spiro atoms. The van der Waals surface area contributed by atoms with Gasteiger partial charge in [0, 0.05) is 24.7 Å². The van der Waals surface area contributed by atoms with Crippen LogP contribution in [-0.2, 0) is 6.42 Å². The van der Waals surface area contributed by atoms with Crippen LogP contribution in [0.1, 0.15) is 11.3 Å². The van der Waals surface area contributed by atoms with E-state index < -0.39 is 0 Å². The van der Waals surface area contributed by atoms with E-state index in [1.807, 2.05) is 0 Å². The molecule has 6 heteroatoms. The van der Waals surface area contributed by atoms with Crippen molar-refractivity contribution in [2.45, 2.75) is 6.42 Å². The molecule has 0 fully saturated rings. The third-order valence-electron chi connectivity index (χ3n) is 3.24. The summed E-state index contributed by atoms with van der Waals surface area (Å²) in [5, 5.41) is 12.1. The highest BCUT2D eigenvalue weighted by Gasteiger charge is 2.07. The largest absolute Gasteiger partial charge is 0.444 e. The molecule has 0 unspecified atom stereocenters. The Morgan fingerprint density at radius 3 is 2.83 bits per heavy atom. The number of hydrogen-bond acceptors (Lipinski definition) is 5. The highest BCUT2D eigenvalue weighted by Crippen LogP contribution is 2.19. The van der Waals surface area contributed by atoms with E-state index in [1.54, 1.807) is 36.7 Å². The zero-order chi connectivity index (χ0) is 16.1. The zero-order valence-corrected chi connectivity index (χ0v) is 12.2. The van der Waals surface area contributed by atoms with Crippen LogP contribution in [0.5, 0.6) is 0 Å². The maximum absolute atomic E-state index is 12.9. The fraction of sp³-hybridized carbons (Fsp3) is 0.118. The number of rotatable bonds is 5. The average molecular weight is 308 g/mol. The van der Waals surface area contributed by atoms with Crippen molar-refractivity contribution in [1.82, 2.24) is 9.97 Å². The van der Waals surface area contributed by atoms with Crippen molar-refractivity contribution in [2.24, 2.45) is 0 Å². The minimum Gasteiger partial charge on any atom is -0.444 e. The van der Waals surface area contributed by atoms with Crippen LogP contribution >= 0.6 is 0 Å². The van der Waals surface area contributed by atoms with Gasteiger partial charge in [-0.1, -0.05) is 0 Å². The number of nitrogens with one attached hydrogen (secondary N) is 1. The van der Waals surface area contributed by atoms with Gasteiger partial charge in [0.2, 0.25) is 5.89 Å². The van der Waals surface area contributed by atoms with Crippen molar-refractivity contribution < 1.29 is 8.81 Å². The molecule has 0 radical (unpaired) electrons.